The fraction of sp³-hybridized carbons (Fsp3) is 0.400. The zero-order chi connectivity index (χ0) is 9.84. The summed E-state index contributed by atoms with van der Waals surface area (Å²) in [4.78, 5) is 0. The minimum atomic E-state index is 0.325. The molecule has 1 unspecified atom stereocenters. The van der Waals surface area contributed by atoms with Crippen molar-refractivity contribution in [2.45, 2.75) is 19.3 Å². The van der Waals surface area contributed by atoms with Crippen LogP contribution in [0.4, 0.5) is 0 Å². The van der Waals surface area contributed by atoms with Crippen molar-refractivity contribution in [3.8, 4) is 0 Å². The lowest BCUT2D eigenvalue weighted by Gasteiger charge is -2.13. The van der Waals surface area contributed by atoms with E-state index in [1.165, 1.54) is 0 Å². The first-order chi connectivity index (χ1) is 6.16. The van der Waals surface area contributed by atoms with Crippen LogP contribution < -0.4 is 5.73 Å². The van der Waals surface area contributed by atoms with Gasteiger partial charge in [0.1, 0.15) is 0 Å². The number of hydrogen-bond donors (Lipinski definition) is 1. The van der Waals surface area contributed by atoms with Crippen LogP contribution in [0, 0.1) is 0 Å². The first-order valence-electron chi connectivity index (χ1n) is 4.30. The minimum absolute atomic E-state index is 0.325. The van der Waals surface area contributed by atoms with Crippen LogP contribution in [-0.4, -0.2) is 6.54 Å². The maximum atomic E-state index is 6.03. The third-order valence-corrected chi connectivity index (χ3v) is 2.75. The molecule has 2 N–H and O–H groups in total. The Labute approximate surface area is 88.8 Å². The molecule has 1 atom stereocenters. The van der Waals surface area contributed by atoms with Crippen molar-refractivity contribution in [3.05, 3.63) is 33.8 Å². The molecule has 3 heteroatoms. The maximum Gasteiger partial charge on any atom is 0.0455 e. The smallest absolute Gasteiger partial charge is 0.0455 e. The van der Waals surface area contributed by atoms with Crippen LogP contribution in [0.2, 0.25) is 10.0 Å². The lowest BCUT2D eigenvalue weighted by molar-refractivity contribution is 0.690. The maximum absolute atomic E-state index is 6.03. The van der Waals surface area contributed by atoms with Gasteiger partial charge in [-0.3, -0.25) is 0 Å². The lowest BCUT2D eigenvalue weighted by atomic mass is 9.98. The summed E-state index contributed by atoms with van der Waals surface area (Å²) in [5, 5.41) is 1.46. The second-order valence-corrected chi connectivity index (χ2v) is 3.93. The zero-order valence-electron chi connectivity index (χ0n) is 7.56. The normalized spacial score (nSPS) is 12.9. The summed E-state index contributed by atoms with van der Waals surface area (Å²) in [5.41, 5.74) is 6.49. The Kier molecular flexibility index (Phi) is 4.04. The van der Waals surface area contributed by atoms with Crippen molar-refractivity contribution in [2.24, 2.45) is 5.73 Å². The SMILES string of the molecule is CC(CCN)c1c(Cl)cccc1Cl. The third kappa shape index (κ3) is 2.60. The molecule has 1 nitrogen and oxygen atoms in total. The van der Waals surface area contributed by atoms with Crippen molar-refractivity contribution in [2.75, 3.05) is 6.54 Å². The van der Waals surface area contributed by atoms with Gasteiger partial charge in [-0.1, -0.05) is 36.2 Å². The summed E-state index contributed by atoms with van der Waals surface area (Å²) in [6.45, 7) is 2.74. The summed E-state index contributed by atoms with van der Waals surface area (Å²) in [7, 11) is 0. The Morgan fingerprint density at radius 1 is 1.31 bits per heavy atom. The Morgan fingerprint density at radius 3 is 2.31 bits per heavy atom. The number of benzene rings is 1. The van der Waals surface area contributed by atoms with Gasteiger partial charge in [0.2, 0.25) is 0 Å². The van der Waals surface area contributed by atoms with Crippen molar-refractivity contribution in [1.29, 1.82) is 0 Å². The van der Waals surface area contributed by atoms with E-state index in [-0.39, 0.29) is 0 Å². The van der Waals surface area contributed by atoms with Gasteiger partial charge in [0.25, 0.3) is 0 Å². The van der Waals surface area contributed by atoms with Gasteiger partial charge in [-0.05, 0) is 36.6 Å². The molecule has 0 aliphatic carbocycles. The van der Waals surface area contributed by atoms with E-state index in [9.17, 15) is 0 Å². The fourth-order valence-electron chi connectivity index (χ4n) is 1.38. The average Bonchev–Trinajstić information content (AvgIpc) is 2.04. The van der Waals surface area contributed by atoms with E-state index in [0.29, 0.717) is 12.5 Å². The zero-order valence-corrected chi connectivity index (χ0v) is 9.07. The summed E-state index contributed by atoms with van der Waals surface area (Å²) >= 11 is 12.1. The average molecular weight is 218 g/mol. The standard InChI is InChI=1S/C10H13Cl2N/c1-7(5-6-13)10-8(11)3-2-4-9(10)12/h2-4,7H,5-6,13H2,1H3. The quantitative estimate of drug-likeness (QED) is 0.826. The van der Waals surface area contributed by atoms with E-state index in [4.69, 9.17) is 28.9 Å². The summed E-state index contributed by atoms with van der Waals surface area (Å²) in [6.07, 6.45) is 0.906. The predicted molar refractivity (Wildman–Crippen MR) is 58.5 cm³/mol. The van der Waals surface area contributed by atoms with E-state index < -0.39 is 0 Å². The number of hydrogen-bond acceptors (Lipinski definition) is 1. The molecule has 0 aliphatic rings. The third-order valence-electron chi connectivity index (χ3n) is 2.09. The second-order valence-electron chi connectivity index (χ2n) is 3.11. The highest BCUT2D eigenvalue weighted by molar-refractivity contribution is 6.36. The molecular weight excluding hydrogens is 205 g/mol. The molecule has 0 fully saturated rings. The monoisotopic (exact) mass is 217 g/mol. The van der Waals surface area contributed by atoms with Crippen molar-refractivity contribution >= 4 is 23.2 Å². The summed E-state index contributed by atoms with van der Waals surface area (Å²) < 4.78 is 0. The number of halogens is 2. The van der Waals surface area contributed by atoms with Crippen LogP contribution in [0.1, 0.15) is 24.8 Å². The molecule has 0 bridgehead atoms. The molecule has 1 rings (SSSR count). The molecule has 72 valence electrons. The van der Waals surface area contributed by atoms with Gasteiger partial charge in [0.05, 0.1) is 0 Å². The van der Waals surface area contributed by atoms with Crippen LogP contribution in [0.15, 0.2) is 18.2 Å². The Balaban J connectivity index is 2.98. The van der Waals surface area contributed by atoms with Crippen LogP contribution >= 0.6 is 23.2 Å². The van der Waals surface area contributed by atoms with Gasteiger partial charge >= 0.3 is 0 Å². The second kappa shape index (κ2) is 4.85. The van der Waals surface area contributed by atoms with Gasteiger partial charge in [0.15, 0.2) is 0 Å². The van der Waals surface area contributed by atoms with Crippen LogP contribution in [0.5, 0.6) is 0 Å². The molecule has 1 aromatic carbocycles. The van der Waals surface area contributed by atoms with Gasteiger partial charge in [0, 0.05) is 10.0 Å². The minimum Gasteiger partial charge on any atom is -0.330 e. The van der Waals surface area contributed by atoms with E-state index >= 15 is 0 Å². The molecule has 0 amide bonds. The Morgan fingerprint density at radius 2 is 1.85 bits per heavy atom. The van der Waals surface area contributed by atoms with E-state index in [0.717, 1.165) is 22.0 Å². The van der Waals surface area contributed by atoms with Crippen molar-refractivity contribution in [1.82, 2.24) is 0 Å². The molecule has 0 aromatic heterocycles. The number of nitrogens with two attached hydrogens (primary N) is 1. The van der Waals surface area contributed by atoms with Crippen LogP contribution in [0.25, 0.3) is 0 Å². The lowest BCUT2D eigenvalue weighted by Crippen LogP contribution is -2.05. The van der Waals surface area contributed by atoms with Crippen molar-refractivity contribution < 1.29 is 0 Å². The molecule has 13 heavy (non-hydrogen) atoms. The molecule has 1 aromatic rings. The van der Waals surface area contributed by atoms with E-state index in [1.807, 2.05) is 18.2 Å². The number of rotatable bonds is 3. The van der Waals surface area contributed by atoms with E-state index in [1.54, 1.807) is 0 Å². The fourth-order valence-corrected chi connectivity index (χ4v) is 2.15. The first-order valence-corrected chi connectivity index (χ1v) is 5.06. The topological polar surface area (TPSA) is 26.0 Å². The Hall–Kier alpha value is -0.240. The van der Waals surface area contributed by atoms with Gasteiger partial charge in [-0.2, -0.15) is 0 Å². The van der Waals surface area contributed by atoms with Gasteiger partial charge < -0.3 is 5.73 Å². The molecule has 0 saturated heterocycles. The Bertz CT molecular complexity index is 266. The predicted octanol–water partition coefficient (Wildman–Crippen LogP) is 3.45. The molecular formula is C10H13Cl2N. The van der Waals surface area contributed by atoms with Crippen LogP contribution in [-0.2, 0) is 0 Å². The van der Waals surface area contributed by atoms with Gasteiger partial charge in [-0.15, -0.1) is 0 Å². The molecule has 0 heterocycles. The molecule has 0 aliphatic heterocycles. The summed E-state index contributed by atoms with van der Waals surface area (Å²) in [5.74, 6) is 0.325. The largest absolute Gasteiger partial charge is 0.330 e. The molecule has 0 radical (unpaired) electrons. The molecule has 0 saturated carbocycles. The highest BCUT2D eigenvalue weighted by atomic mass is 35.5. The van der Waals surface area contributed by atoms with Crippen LogP contribution in [0.3, 0.4) is 0 Å². The van der Waals surface area contributed by atoms with Gasteiger partial charge in [-0.25, -0.2) is 0 Å². The highest BCUT2D eigenvalue weighted by Crippen LogP contribution is 2.32. The molecule has 0 spiro atoms. The highest BCUT2D eigenvalue weighted by Gasteiger charge is 2.12. The summed E-state index contributed by atoms with van der Waals surface area (Å²) in [6, 6.07) is 5.56. The van der Waals surface area contributed by atoms with Crippen molar-refractivity contribution in [3.63, 3.8) is 0 Å². The first kappa shape index (κ1) is 10.8. The van der Waals surface area contributed by atoms with E-state index in [2.05, 4.69) is 6.92 Å².